The molecule has 3 aliphatic rings. The fraction of sp³-hybridized carbons (Fsp3) is 0.606. The van der Waals surface area contributed by atoms with Crippen molar-refractivity contribution in [2.45, 2.75) is 74.8 Å². The van der Waals surface area contributed by atoms with Gasteiger partial charge in [0.25, 0.3) is 5.91 Å². The molecule has 0 saturated carbocycles. The number of allylic oxidation sites excluding steroid dienone is 1. The van der Waals surface area contributed by atoms with Gasteiger partial charge in [-0.05, 0) is 83.1 Å². The van der Waals surface area contributed by atoms with Gasteiger partial charge in [-0.25, -0.2) is 0 Å². The summed E-state index contributed by atoms with van der Waals surface area (Å²) in [6, 6.07) is 7.29. The van der Waals surface area contributed by atoms with Gasteiger partial charge in [-0.3, -0.25) is 14.4 Å². The molecule has 1 N–H and O–H groups in total. The number of hydrogen-bond donors (Lipinski definition) is 1. The van der Waals surface area contributed by atoms with E-state index in [9.17, 15) is 19.5 Å². The van der Waals surface area contributed by atoms with Crippen LogP contribution in [0.25, 0.3) is 0 Å². The Morgan fingerprint density at radius 3 is 2.45 bits per heavy atom. The van der Waals surface area contributed by atoms with E-state index in [1.54, 1.807) is 27.6 Å². The third-order valence-electron chi connectivity index (χ3n) is 9.03. The first-order valence-electron chi connectivity index (χ1n) is 15.5. The van der Waals surface area contributed by atoms with Gasteiger partial charge >= 0.3 is 5.97 Å². The first-order valence-corrected chi connectivity index (χ1v) is 16.4. The maximum atomic E-state index is 14.6. The quantitative estimate of drug-likeness (QED) is 0.157. The van der Waals surface area contributed by atoms with Gasteiger partial charge in [0, 0.05) is 49.4 Å². The number of anilines is 2. The van der Waals surface area contributed by atoms with Gasteiger partial charge in [0.15, 0.2) is 0 Å². The molecule has 1 aromatic carbocycles. The second-order valence-corrected chi connectivity index (χ2v) is 13.0. The highest BCUT2D eigenvalue weighted by molar-refractivity contribution is 8.02. The van der Waals surface area contributed by atoms with E-state index < -0.39 is 22.6 Å². The second kappa shape index (κ2) is 14.6. The Hall–Kier alpha value is -2.78. The van der Waals surface area contributed by atoms with Crippen molar-refractivity contribution >= 4 is 40.9 Å². The summed E-state index contributed by atoms with van der Waals surface area (Å²) in [7, 11) is 0. The highest BCUT2D eigenvalue weighted by Gasteiger charge is 2.74. The number of aliphatic hydroxyl groups is 1. The number of unbranched alkanes of at least 4 members (excludes halogenated alkanes) is 3. The summed E-state index contributed by atoms with van der Waals surface area (Å²) >= 11 is 1.65. The number of amides is 2. The zero-order valence-electron chi connectivity index (χ0n) is 25.2. The number of carbonyl (C=O) groups is 3. The molecular weight excluding hydrogens is 550 g/mol. The van der Waals surface area contributed by atoms with Gasteiger partial charge in [0.05, 0.1) is 23.2 Å². The van der Waals surface area contributed by atoms with Crippen LogP contribution >= 0.6 is 11.8 Å². The lowest BCUT2D eigenvalue weighted by Gasteiger charge is -2.37. The zero-order chi connectivity index (χ0) is 30.3. The first-order chi connectivity index (χ1) is 20.4. The van der Waals surface area contributed by atoms with E-state index >= 15 is 0 Å². The molecule has 3 heterocycles. The van der Waals surface area contributed by atoms with Crippen LogP contribution in [0.15, 0.2) is 49.6 Å². The summed E-state index contributed by atoms with van der Waals surface area (Å²) in [4.78, 5) is 47.9. The van der Waals surface area contributed by atoms with E-state index in [0.717, 1.165) is 50.1 Å². The van der Waals surface area contributed by atoms with Crippen LogP contribution in [-0.4, -0.2) is 83.2 Å². The molecule has 1 aromatic rings. The molecule has 3 saturated heterocycles. The fourth-order valence-corrected chi connectivity index (χ4v) is 9.23. The predicted octanol–water partition coefficient (Wildman–Crippen LogP) is 4.82. The first kappa shape index (κ1) is 32.1. The summed E-state index contributed by atoms with van der Waals surface area (Å²) in [5.41, 5.74) is 1.84. The summed E-state index contributed by atoms with van der Waals surface area (Å²) in [5.74, 6) is -1.72. The van der Waals surface area contributed by atoms with Gasteiger partial charge in [-0.15, -0.1) is 24.9 Å². The molecule has 3 fully saturated rings. The van der Waals surface area contributed by atoms with Crippen LogP contribution < -0.4 is 9.80 Å². The topological polar surface area (TPSA) is 90.4 Å². The van der Waals surface area contributed by atoms with Crippen LogP contribution in [0.3, 0.4) is 0 Å². The number of thioether (sulfide) groups is 1. The van der Waals surface area contributed by atoms with E-state index in [4.69, 9.17) is 4.74 Å². The number of likely N-dealkylation sites (tertiary alicyclic amines) is 1. The standard InChI is InChI=1S/C33H47N3O5S/c1-5-9-10-13-23-41-32(40)27-26-18-19-33(42-26)28(27)30(38)36(21-11-12-22-37)29(33)31(39)35(20-6-2)25-16-14-24(15-17-25)34(7-3)8-4/h5-6,14-17,26-29,37H,1-2,7-13,18-23H2,3-4H3/t26-,27+,28-,29?,33?/m0/s1. The maximum absolute atomic E-state index is 14.6. The zero-order valence-corrected chi connectivity index (χ0v) is 26.0. The Morgan fingerprint density at radius 1 is 1.10 bits per heavy atom. The highest BCUT2D eigenvalue weighted by atomic mass is 32.2. The van der Waals surface area contributed by atoms with E-state index in [2.05, 4.69) is 31.9 Å². The molecule has 8 nitrogen and oxygen atoms in total. The van der Waals surface area contributed by atoms with Crippen LogP contribution in [0.4, 0.5) is 11.4 Å². The summed E-state index contributed by atoms with van der Waals surface area (Å²) in [6.07, 6.45) is 8.70. The molecule has 42 heavy (non-hydrogen) atoms. The van der Waals surface area contributed by atoms with Crippen molar-refractivity contribution in [2.24, 2.45) is 11.8 Å². The number of nitrogens with zero attached hydrogens (tertiary/aromatic N) is 3. The molecular formula is C33H47N3O5S. The molecule has 0 radical (unpaired) electrons. The Balaban J connectivity index is 1.64. The lowest BCUT2D eigenvalue weighted by molar-refractivity contribution is -0.154. The van der Waals surface area contributed by atoms with Gasteiger partial charge < -0.3 is 24.5 Å². The molecule has 2 bridgehead atoms. The SMILES string of the molecule is C=CCCCCOC(=O)[C@@H]1[C@@H]2CCC3(S2)C(C(=O)N(CC=C)c2ccc(N(CC)CC)cc2)N(CCCCO)C(=O)[C@H]13. The van der Waals surface area contributed by atoms with Crippen molar-refractivity contribution < 1.29 is 24.2 Å². The molecule has 4 rings (SSSR count). The van der Waals surface area contributed by atoms with Crippen LogP contribution in [0, 0.1) is 11.8 Å². The minimum atomic E-state index is -0.698. The molecule has 0 aliphatic carbocycles. The Morgan fingerprint density at radius 2 is 1.81 bits per heavy atom. The molecule has 2 unspecified atom stereocenters. The summed E-state index contributed by atoms with van der Waals surface area (Å²) in [5, 5.41) is 9.41. The fourth-order valence-electron chi connectivity index (χ4n) is 7.03. The Kier molecular flexibility index (Phi) is 11.2. The largest absolute Gasteiger partial charge is 0.465 e. The minimum Gasteiger partial charge on any atom is -0.465 e. The molecule has 3 aliphatic heterocycles. The van der Waals surface area contributed by atoms with Crippen LogP contribution in [0.5, 0.6) is 0 Å². The Bertz CT molecular complexity index is 1120. The highest BCUT2D eigenvalue weighted by Crippen LogP contribution is 2.66. The van der Waals surface area contributed by atoms with Crippen LogP contribution in [-0.2, 0) is 19.1 Å². The van der Waals surface area contributed by atoms with Gasteiger partial charge in [-0.2, -0.15) is 0 Å². The van der Waals surface area contributed by atoms with Crippen molar-refractivity contribution in [1.29, 1.82) is 0 Å². The number of rotatable bonds is 17. The average Bonchev–Trinajstić information content (AvgIpc) is 3.64. The van der Waals surface area contributed by atoms with Crippen LogP contribution in [0.1, 0.15) is 58.8 Å². The van der Waals surface area contributed by atoms with Crippen LogP contribution in [0.2, 0.25) is 0 Å². The predicted molar refractivity (Wildman–Crippen MR) is 170 cm³/mol. The van der Waals surface area contributed by atoms with Crippen molar-refractivity contribution in [1.82, 2.24) is 4.90 Å². The monoisotopic (exact) mass is 597 g/mol. The van der Waals surface area contributed by atoms with E-state index in [-0.39, 0.29) is 29.6 Å². The molecule has 1 spiro atoms. The van der Waals surface area contributed by atoms with Gasteiger partial charge in [0.1, 0.15) is 6.04 Å². The third kappa shape index (κ3) is 6.13. The van der Waals surface area contributed by atoms with Crippen molar-refractivity contribution in [3.05, 3.63) is 49.6 Å². The number of esters is 1. The molecule has 2 amide bonds. The maximum Gasteiger partial charge on any atom is 0.310 e. The number of ether oxygens (including phenoxy) is 1. The number of benzene rings is 1. The lowest BCUT2D eigenvalue weighted by atomic mass is 9.71. The molecule has 230 valence electrons. The van der Waals surface area contributed by atoms with Gasteiger partial charge in [-0.1, -0.05) is 12.2 Å². The van der Waals surface area contributed by atoms with E-state index in [1.807, 2.05) is 30.3 Å². The van der Waals surface area contributed by atoms with Crippen molar-refractivity contribution in [3.8, 4) is 0 Å². The normalized spacial score (nSPS) is 25.8. The number of carbonyl (C=O) groups excluding carboxylic acids is 3. The van der Waals surface area contributed by atoms with Crippen molar-refractivity contribution in [2.75, 3.05) is 49.2 Å². The summed E-state index contributed by atoms with van der Waals surface area (Å²) in [6.45, 7) is 14.7. The smallest absolute Gasteiger partial charge is 0.310 e. The lowest BCUT2D eigenvalue weighted by Crippen LogP contribution is -2.55. The van der Waals surface area contributed by atoms with E-state index in [1.165, 1.54) is 0 Å². The average molecular weight is 598 g/mol. The summed E-state index contributed by atoms with van der Waals surface area (Å²) < 4.78 is 5.03. The number of hydrogen-bond acceptors (Lipinski definition) is 7. The third-order valence-corrected chi connectivity index (χ3v) is 11.0. The van der Waals surface area contributed by atoms with E-state index in [0.29, 0.717) is 39.0 Å². The molecule has 5 atom stereocenters. The minimum absolute atomic E-state index is 0.0221. The molecule has 9 heteroatoms. The van der Waals surface area contributed by atoms with Gasteiger partial charge in [0.2, 0.25) is 5.91 Å². The number of aliphatic hydroxyl groups excluding tert-OH is 1. The Labute approximate surface area is 255 Å². The molecule has 0 aromatic heterocycles. The number of fused-ring (bicyclic) bond motifs is 1. The van der Waals surface area contributed by atoms with Crippen molar-refractivity contribution in [3.63, 3.8) is 0 Å². The second-order valence-electron chi connectivity index (χ2n) is 11.4.